The zero-order chi connectivity index (χ0) is 17.1. The third-order valence-corrected chi connectivity index (χ3v) is 5.39. The maximum Gasteiger partial charge on any atom is 0.185 e. The molecule has 0 amide bonds. The molecule has 1 aliphatic carbocycles. The normalized spacial score (nSPS) is 21.5. The number of allylic oxidation sites excluding steroid dienone is 2. The number of carbonyl (C=O) groups is 1. The van der Waals surface area contributed by atoms with Crippen molar-refractivity contribution >= 4 is 49.8 Å². The highest BCUT2D eigenvalue weighted by atomic mass is 79.9. The number of hydrogen-bond donors (Lipinski definition) is 0. The smallest absolute Gasteiger partial charge is 0.185 e. The lowest BCUT2D eigenvalue weighted by atomic mass is 9.80. The van der Waals surface area contributed by atoms with Crippen LogP contribution in [0.3, 0.4) is 0 Å². The van der Waals surface area contributed by atoms with E-state index in [0.29, 0.717) is 5.92 Å². The summed E-state index contributed by atoms with van der Waals surface area (Å²) in [5, 5.41) is 0. The van der Waals surface area contributed by atoms with Gasteiger partial charge in [-0.05, 0) is 66.3 Å². The van der Waals surface area contributed by atoms with E-state index in [0.717, 1.165) is 44.1 Å². The Hall–Kier alpha value is -1.45. The number of halogens is 2. The molecule has 1 nitrogen and oxygen atoms in total. The van der Waals surface area contributed by atoms with Crippen molar-refractivity contribution in [1.29, 1.82) is 0 Å². The van der Waals surface area contributed by atoms with E-state index in [1.807, 2.05) is 60.7 Å². The van der Waals surface area contributed by atoms with Crippen LogP contribution < -0.4 is 0 Å². The van der Waals surface area contributed by atoms with Gasteiger partial charge in [0, 0.05) is 20.1 Å². The van der Waals surface area contributed by atoms with E-state index < -0.39 is 0 Å². The molecular weight excluding hydrogens is 428 g/mol. The van der Waals surface area contributed by atoms with Crippen LogP contribution in [0.15, 0.2) is 68.6 Å². The highest BCUT2D eigenvalue weighted by Gasteiger charge is 2.26. The molecule has 3 heteroatoms. The molecule has 2 aromatic rings. The van der Waals surface area contributed by atoms with Gasteiger partial charge in [0.15, 0.2) is 5.78 Å². The highest BCUT2D eigenvalue weighted by Crippen LogP contribution is 2.32. The fourth-order valence-electron chi connectivity index (χ4n) is 2.89. The summed E-state index contributed by atoms with van der Waals surface area (Å²) in [6.45, 7) is 2.14. The van der Waals surface area contributed by atoms with E-state index in [2.05, 4.69) is 38.8 Å². The molecule has 2 aromatic carbocycles. The predicted molar refractivity (Wildman–Crippen MR) is 108 cm³/mol. The molecule has 24 heavy (non-hydrogen) atoms. The van der Waals surface area contributed by atoms with Crippen LogP contribution in [-0.4, -0.2) is 5.78 Å². The van der Waals surface area contributed by atoms with Crippen LogP contribution in [0.4, 0.5) is 0 Å². The van der Waals surface area contributed by atoms with E-state index in [4.69, 9.17) is 0 Å². The summed E-state index contributed by atoms with van der Waals surface area (Å²) in [7, 11) is 0. The fourth-order valence-corrected chi connectivity index (χ4v) is 3.42. The largest absolute Gasteiger partial charge is 0.289 e. The SMILES string of the molecule is CC1CC/C(=C\c2ccc(Br)cc2)C(=O)/C1=C/c1ccc(Br)cc1. The minimum Gasteiger partial charge on any atom is -0.289 e. The van der Waals surface area contributed by atoms with Crippen molar-refractivity contribution in [1.82, 2.24) is 0 Å². The molecule has 0 aliphatic heterocycles. The Labute approximate surface area is 159 Å². The van der Waals surface area contributed by atoms with Gasteiger partial charge in [0.2, 0.25) is 0 Å². The lowest BCUT2D eigenvalue weighted by Gasteiger charge is -2.23. The highest BCUT2D eigenvalue weighted by molar-refractivity contribution is 9.10. The van der Waals surface area contributed by atoms with Gasteiger partial charge in [0.05, 0.1) is 0 Å². The van der Waals surface area contributed by atoms with Gasteiger partial charge in [0.25, 0.3) is 0 Å². The molecule has 1 saturated carbocycles. The Morgan fingerprint density at radius 1 is 0.875 bits per heavy atom. The van der Waals surface area contributed by atoms with E-state index in [1.165, 1.54) is 0 Å². The Balaban J connectivity index is 1.91. The minimum absolute atomic E-state index is 0.180. The van der Waals surface area contributed by atoms with E-state index >= 15 is 0 Å². The summed E-state index contributed by atoms with van der Waals surface area (Å²) < 4.78 is 2.09. The summed E-state index contributed by atoms with van der Waals surface area (Å²) in [5.74, 6) is 0.475. The van der Waals surface area contributed by atoms with Gasteiger partial charge in [-0.2, -0.15) is 0 Å². The van der Waals surface area contributed by atoms with Gasteiger partial charge in [-0.25, -0.2) is 0 Å². The number of carbonyl (C=O) groups excluding carboxylic acids is 1. The van der Waals surface area contributed by atoms with Crippen LogP contribution in [0.1, 0.15) is 30.9 Å². The van der Waals surface area contributed by atoms with Crippen LogP contribution in [0, 0.1) is 5.92 Å². The predicted octanol–water partition coefficient (Wildman–Crippen LogP) is 6.68. The van der Waals surface area contributed by atoms with Gasteiger partial charge in [-0.15, -0.1) is 0 Å². The van der Waals surface area contributed by atoms with Gasteiger partial charge in [-0.1, -0.05) is 63.0 Å². The molecule has 0 spiro atoms. The average molecular weight is 446 g/mol. The first-order chi connectivity index (χ1) is 11.5. The summed E-state index contributed by atoms with van der Waals surface area (Å²) in [4.78, 5) is 12.9. The van der Waals surface area contributed by atoms with Crippen molar-refractivity contribution in [2.24, 2.45) is 5.92 Å². The van der Waals surface area contributed by atoms with Crippen LogP contribution in [0.5, 0.6) is 0 Å². The number of ketones is 1. The first-order valence-electron chi connectivity index (χ1n) is 8.01. The van der Waals surface area contributed by atoms with Crippen LogP contribution >= 0.6 is 31.9 Å². The maximum absolute atomic E-state index is 12.9. The first-order valence-corrected chi connectivity index (χ1v) is 9.59. The fraction of sp³-hybridized carbons (Fsp3) is 0.190. The molecule has 1 atom stereocenters. The van der Waals surface area contributed by atoms with Crippen LogP contribution in [-0.2, 0) is 4.79 Å². The van der Waals surface area contributed by atoms with Crippen molar-refractivity contribution in [3.05, 3.63) is 79.7 Å². The molecule has 122 valence electrons. The van der Waals surface area contributed by atoms with Gasteiger partial charge in [0.1, 0.15) is 0 Å². The second-order valence-corrected chi connectivity index (χ2v) is 7.97. The van der Waals surface area contributed by atoms with E-state index in [9.17, 15) is 4.79 Å². The molecule has 0 aromatic heterocycles. The molecule has 0 N–H and O–H groups in total. The number of rotatable bonds is 2. The van der Waals surface area contributed by atoms with E-state index in [-0.39, 0.29) is 5.78 Å². The Morgan fingerprint density at radius 3 is 1.92 bits per heavy atom. The van der Waals surface area contributed by atoms with E-state index in [1.54, 1.807) is 0 Å². The van der Waals surface area contributed by atoms with Gasteiger partial charge >= 0.3 is 0 Å². The summed E-state index contributed by atoms with van der Waals surface area (Å²) in [6, 6.07) is 16.1. The molecule has 1 aliphatic rings. The van der Waals surface area contributed by atoms with Crippen molar-refractivity contribution in [3.8, 4) is 0 Å². The third-order valence-electron chi connectivity index (χ3n) is 4.33. The molecule has 0 radical (unpaired) electrons. The van der Waals surface area contributed by atoms with Crippen molar-refractivity contribution in [3.63, 3.8) is 0 Å². The molecular formula is C21H18Br2O. The average Bonchev–Trinajstić information content (AvgIpc) is 2.58. The van der Waals surface area contributed by atoms with Crippen molar-refractivity contribution in [2.45, 2.75) is 19.8 Å². The van der Waals surface area contributed by atoms with Crippen LogP contribution in [0.2, 0.25) is 0 Å². The first kappa shape index (κ1) is 17.4. The number of benzene rings is 2. The zero-order valence-electron chi connectivity index (χ0n) is 13.4. The second kappa shape index (κ2) is 7.62. The lowest BCUT2D eigenvalue weighted by molar-refractivity contribution is -0.113. The minimum atomic E-state index is 0.180. The Bertz CT molecular complexity index is 799. The Morgan fingerprint density at radius 2 is 1.38 bits per heavy atom. The number of hydrogen-bond acceptors (Lipinski definition) is 1. The monoisotopic (exact) mass is 444 g/mol. The molecule has 1 fully saturated rings. The summed E-state index contributed by atoms with van der Waals surface area (Å²) in [6.07, 6.45) is 5.91. The topological polar surface area (TPSA) is 17.1 Å². The van der Waals surface area contributed by atoms with Crippen molar-refractivity contribution in [2.75, 3.05) is 0 Å². The molecule has 0 bridgehead atoms. The summed E-state index contributed by atoms with van der Waals surface area (Å²) in [5.41, 5.74) is 3.95. The Kier molecular flexibility index (Phi) is 5.52. The maximum atomic E-state index is 12.9. The van der Waals surface area contributed by atoms with Gasteiger partial charge in [-0.3, -0.25) is 4.79 Å². The zero-order valence-corrected chi connectivity index (χ0v) is 16.6. The molecule has 1 unspecified atom stereocenters. The lowest BCUT2D eigenvalue weighted by Crippen LogP contribution is -2.19. The number of Topliss-reactive ketones (excluding diaryl/α,β-unsaturated/α-hetero) is 1. The van der Waals surface area contributed by atoms with Gasteiger partial charge < -0.3 is 0 Å². The van der Waals surface area contributed by atoms with Crippen LogP contribution in [0.25, 0.3) is 12.2 Å². The quantitative estimate of drug-likeness (QED) is 0.471. The standard InChI is InChI=1S/C21H18Br2O/c1-14-2-7-17(12-15-3-8-18(22)9-4-15)21(24)20(14)13-16-5-10-19(23)11-6-16/h3-6,8-14H,2,7H2,1H3/b17-12+,20-13+. The molecule has 0 saturated heterocycles. The second-order valence-electron chi connectivity index (χ2n) is 6.14. The third kappa shape index (κ3) is 4.14. The summed E-state index contributed by atoms with van der Waals surface area (Å²) >= 11 is 6.89. The molecule has 3 rings (SSSR count). The molecule has 0 heterocycles. The van der Waals surface area contributed by atoms with Crippen molar-refractivity contribution < 1.29 is 4.79 Å².